The number of aliphatic hydroxyl groups excluding tert-OH is 1. The summed E-state index contributed by atoms with van der Waals surface area (Å²) >= 11 is 0. The molecule has 0 aromatic heterocycles. The zero-order valence-electron chi connectivity index (χ0n) is 12.2. The van der Waals surface area contributed by atoms with Crippen LogP contribution in [0, 0.1) is 0 Å². The fourth-order valence-corrected chi connectivity index (χ4v) is 1.70. The van der Waals surface area contributed by atoms with Gasteiger partial charge in [0.15, 0.2) is 0 Å². The van der Waals surface area contributed by atoms with Gasteiger partial charge in [-0.1, -0.05) is 13.0 Å². The summed E-state index contributed by atoms with van der Waals surface area (Å²) in [5, 5.41) is 11.7. The number of hydrogen-bond acceptors (Lipinski definition) is 4. The molecule has 112 valence electrons. The predicted octanol–water partition coefficient (Wildman–Crippen LogP) is 1.49. The molecular formula is C15H24N2O3. The van der Waals surface area contributed by atoms with Crippen LogP contribution in [0.4, 0.5) is 5.69 Å². The molecule has 1 amide bonds. The first-order valence-electron chi connectivity index (χ1n) is 6.99. The van der Waals surface area contributed by atoms with Crippen LogP contribution in [-0.2, 0) is 11.2 Å². The van der Waals surface area contributed by atoms with Gasteiger partial charge in [0.25, 0.3) is 0 Å². The molecular weight excluding hydrogens is 256 g/mol. The van der Waals surface area contributed by atoms with Crippen molar-refractivity contribution in [2.24, 2.45) is 0 Å². The molecule has 0 saturated heterocycles. The Labute approximate surface area is 120 Å². The Morgan fingerprint density at radius 1 is 1.50 bits per heavy atom. The number of anilines is 1. The molecule has 1 aromatic rings. The number of hydrogen-bond donors (Lipinski definition) is 3. The van der Waals surface area contributed by atoms with Crippen LogP contribution in [-0.4, -0.2) is 30.3 Å². The van der Waals surface area contributed by atoms with E-state index in [1.54, 1.807) is 6.92 Å². The van der Waals surface area contributed by atoms with Gasteiger partial charge in [-0.05, 0) is 37.5 Å². The largest absolute Gasteiger partial charge is 0.491 e. The van der Waals surface area contributed by atoms with Crippen molar-refractivity contribution in [2.75, 3.05) is 18.9 Å². The number of nitrogens with two attached hydrogens (primary N) is 1. The zero-order valence-corrected chi connectivity index (χ0v) is 12.2. The molecule has 1 atom stereocenters. The minimum Gasteiger partial charge on any atom is -0.491 e. The number of benzene rings is 1. The smallest absolute Gasteiger partial charge is 0.220 e. The van der Waals surface area contributed by atoms with E-state index in [1.807, 2.05) is 25.1 Å². The standard InChI is InChI=1S/C15H24N2O3/c1-3-8-20-14-6-4-12(9-13(14)16)5-7-15(19)17-10-11(2)18/h4,6,9,11,18H,3,5,7-8,10,16H2,1-2H3,(H,17,19). The van der Waals surface area contributed by atoms with Gasteiger partial charge in [-0.2, -0.15) is 0 Å². The lowest BCUT2D eigenvalue weighted by Crippen LogP contribution is -2.30. The van der Waals surface area contributed by atoms with Gasteiger partial charge in [0.1, 0.15) is 5.75 Å². The monoisotopic (exact) mass is 280 g/mol. The summed E-state index contributed by atoms with van der Waals surface area (Å²) in [5.41, 5.74) is 7.50. The van der Waals surface area contributed by atoms with Crippen molar-refractivity contribution in [1.29, 1.82) is 0 Å². The van der Waals surface area contributed by atoms with Gasteiger partial charge in [-0.25, -0.2) is 0 Å². The van der Waals surface area contributed by atoms with E-state index in [1.165, 1.54) is 0 Å². The highest BCUT2D eigenvalue weighted by Gasteiger charge is 2.06. The number of carbonyl (C=O) groups is 1. The summed E-state index contributed by atoms with van der Waals surface area (Å²) in [6, 6.07) is 5.60. The highest BCUT2D eigenvalue weighted by molar-refractivity contribution is 5.76. The maximum atomic E-state index is 11.5. The quantitative estimate of drug-likeness (QED) is 0.630. The summed E-state index contributed by atoms with van der Waals surface area (Å²) in [4.78, 5) is 11.5. The number of aryl methyl sites for hydroxylation is 1. The van der Waals surface area contributed by atoms with Crippen molar-refractivity contribution in [3.8, 4) is 5.75 Å². The van der Waals surface area contributed by atoms with Crippen LogP contribution in [0.15, 0.2) is 18.2 Å². The van der Waals surface area contributed by atoms with E-state index in [4.69, 9.17) is 15.6 Å². The number of carbonyl (C=O) groups excluding carboxylic acids is 1. The van der Waals surface area contributed by atoms with E-state index in [0.717, 1.165) is 12.0 Å². The number of nitrogen functional groups attached to an aromatic ring is 1. The Kier molecular flexibility index (Phi) is 6.87. The molecule has 1 aromatic carbocycles. The molecule has 0 saturated carbocycles. The first-order valence-corrected chi connectivity index (χ1v) is 6.99. The van der Waals surface area contributed by atoms with E-state index in [2.05, 4.69) is 5.32 Å². The average Bonchev–Trinajstić information content (AvgIpc) is 2.41. The molecule has 0 bridgehead atoms. The molecule has 0 radical (unpaired) electrons. The molecule has 0 aliphatic heterocycles. The molecule has 5 heteroatoms. The number of rotatable bonds is 8. The van der Waals surface area contributed by atoms with Crippen LogP contribution in [0.25, 0.3) is 0 Å². The number of ether oxygens (including phenoxy) is 1. The SMILES string of the molecule is CCCOc1ccc(CCC(=O)NCC(C)O)cc1N. The maximum Gasteiger partial charge on any atom is 0.220 e. The van der Waals surface area contributed by atoms with Gasteiger partial charge >= 0.3 is 0 Å². The Morgan fingerprint density at radius 2 is 2.25 bits per heavy atom. The van der Waals surface area contributed by atoms with Gasteiger partial charge < -0.3 is 20.9 Å². The fourth-order valence-electron chi connectivity index (χ4n) is 1.70. The molecule has 0 aliphatic carbocycles. The molecule has 0 aliphatic rings. The lowest BCUT2D eigenvalue weighted by atomic mass is 10.1. The average molecular weight is 280 g/mol. The topological polar surface area (TPSA) is 84.6 Å². The van der Waals surface area contributed by atoms with Crippen molar-refractivity contribution < 1.29 is 14.6 Å². The van der Waals surface area contributed by atoms with Crippen molar-refractivity contribution in [2.45, 2.75) is 39.2 Å². The highest BCUT2D eigenvalue weighted by Crippen LogP contribution is 2.23. The van der Waals surface area contributed by atoms with Crippen LogP contribution in [0.5, 0.6) is 5.75 Å². The summed E-state index contributed by atoms with van der Waals surface area (Å²) in [7, 11) is 0. The Hall–Kier alpha value is -1.75. The van der Waals surface area contributed by atoms with E-state index >= 15 is 0 Å². The minimum atomic E-state index is -0.524. The molecule has 5 nitrogen and oxygen atoms in total. The highest BCUT2D eigenvalue weighted by atomic mass is 16.5. The minimum absolute atomic E-state index is 0.0734. The predicted molar refractivity (Wildman–Crippen MR) is 79.7 cm³/mol. The molecule has 0 spiro atoms. The van der Waals surface area contributed by atoms with Gasteiger partial charge in [0.2, 0.25) is 5.91 Å². The van der Waals surface area contributed by atoms with Crippen LogP contribution in [0.1, 0.15) is 32.3 Å². The van der Waals surface area contributed by atoms with Gasteiger partial charge in [-0.3, -0.25) is 4.79 Å². The molecule has 1 rings (SSSR count). The third kappa shape index (κ3) is 5.93. The summed E-state index contributed by atoms with van der Waals surface area (Å²) < 4.78 is 5.50. The van der Waals surface area contributed by atoms with Gasteiger partial charge in [-0.15, -0.1) is 0 Å². The van der Waals surface area contributed by atoms with E-state index < -0.39 is 6.10 Å². The second-order valence-corrected chi connectivity index (χ2v) is 4.87. The van der Waals surface area contributed by atoms with E-state index in [-0.39, 0.29) is 12.5 Å². The van der Waals surface area contributed by atoms with Crippen molar-refractivity contribution in [3.05, 3.63) is 23.8 Å². The zero-order chi connectivity index (χ0) is 15.0. The molecule has 0 fully saturated rings. The number of amides is 1. The van der Waals surface area contributed by atoms with Crippen LogP contribution >= 0.6 is 0 Å². The second-order valence-electron chi connectivity index (χ2n) is 4.87. The maximum absolute atomic E-state index is 11.5. The number of nitrogens with one attached hydrogen (secondary N) is 1. The Bertz CT molecular complexity index is 433. The van der Waals surface area contributed by atoms with Crippen molar-refractivity contribution in [1.82, 2.24) is 5.32 Å². The summed E-state index contributed by atoms with van der Waals surface area (Å²) in [6.45, 7) is 4.60. The van der Waals surface area contributed by atoms with E-state index in [9.17, 15) is 4.79 Å². The normalized spacial score (nSPS) is 11.9. The molecule has 0 heterocycles. The lowest BCUT2D eigenvalue weighted by Gasteiger charge is -2.10. The van der Waals surface area contributed by atoms with E-state index in [0.29, 0.717) is 30.9 Å². The fraction of sp³-hybridized carbons (Fsp3) is 0.533. The Morgan fingerprint density at radius 3 is 2.85 bits per heavy atom. The second kappa shape index (κ2) is 8.43. The summed E-state index contributed by atoms with van der Waals surface area (Å²) in [5.74, 6) is 0.616. The van der Waals surface area contributed by atoms with Crippen molar-refractivity contribution in [3.63, 3.8) is 0 Å². The molecule has 1 unspecified atom stereocenters. The van der Waals surface area contributed by atoms with Crippen LogP contribution in [0.3, 0.4) is 0 Å². The van der Waals surface area contributed by atoms with Crippen molar-refractivity contribution >= 4 is 11.6 Å². The lowest BCUT2D eigenvalue weighted by molar-refractivity contribution is -0.121. The van der Waals surface area contributed by atoms with Gasteiger partial charge in [0, 0.05) is 13.0 Å². The van der Waals surface area contributed by atoms with Crippen LogP contribution in [0.2, 0.25) is 0 Å². The van der Waals surface area contributed by atoms with Crippen LogP contribution < -0.4 is 15.8 Å². The molecule has 4 N–H and O–H groups in total. The first-order chi connectivity index (χ1) is 9.52. The molecule has 20 heavy (non-hydrogen) atoms. The first kappa shape index (κ1) is 16.3. The third-order valence-electron chi connectivity index (χ3n) is 2.77. The summed E-state index contributed by atoms with van der Waals surface area (Å²) in [6.07, 6.45) is 1.40. The Balaban J connectivity index is 2.44. The van der Waals surface area contributed by atoms with Gasteiger partial charge in [0.05, 0.1) is 18.4 Å². The third-order valence-corrected chi connectivity index (χ3v) is 2.77. The number of aliphatic hydroxyl groups is 1.